The van der Waals surface area contributed by atoms with E-state index in [4.69, 9.17) is 9.84 Å². The van der Waals surface area contributed by atoms with Crippen LogP contribution in [0.1, 0.15) is 93.2 Å². The second kappa shape index (κ2) is 13.9. The predicted octanol–water partition coefficient (Wildman–Crippen LogP) is 7.41. The van der Waals surface area contributed by atoms with E-state index in [0.717, 1.165) is 50.2 Å². The van der Waals surface area contributed by atoms with E-state index >= 15 is 0 Å². The molecule has 0 bridgehead atoms. The molecule has 2 fully saturated rings. The Bertz CT molecular complexity index is 1310. The number of amides is 3. The van der Waals surface area contributed by atoms with Gasteiger partial charge < -0.3 is 25.8 Å². The Hall–Kier alpha value is -3.76. The van der Waals surface area contributed by atoms with E-state index in [9.17, 15) is 27.6 Å². The summed E-state index contributed by atoms with van der Waals surface area (Å²) in [6.45, 7) is 6.99. The van der Waals surface area contributed by atoms with Gasteiger partial charge in [-0.3, -0.25) is 9.59 Å². The smallest absolute Gasteiger partial charge is 0.418 e. The van der Waals surface area contributed by atoms with Gasteiger partial charge in [0.25, 0.3) is 5.91 Å². The van der Waals surface area contributed by atoms with Crippen LogP contribution in [0.2, 0.25) is 0 Å². The first-order chi connectivity index (χ1) is 20.7. The molecule has 3 amide bonds. The molecule has 0 aliphatic heterocycles. The predicted molar refractivity (Wildman–Crippen MR) is 160 cm³/mol. The second-order valence-corrected chi connectivity index (χ2v) is 13.0. The molecule has 1 atom stereocenters. The number of anilines is 1. The lowest BCUT2D eigenvalue weighted by Crippen LogP contribution is -2.39. The number of benzene rings is 2. The topological polar surface area (TPSA) is 117 Å². The minimum atomic E-state index is -4.70. The van der Waals surface area contributed by atoms with Crippen LogP contribution < -0.4 is 20.7 Å². The molecule has 0 heterocycles. The monoisotopic (exact) mass is 617 g/mol. The maximum Gasteiger partial charge on any atom is 0.418 e. The van der Waals surface area contributed by atoms with Gasteiger partial charge in [0.05, 0.1) is 30.3 Å². The molecular formula is C33H42F3N3O5. The maximum absolute atomic E-state index is 14.0. The van der Waals surface area contributed by atoms with Crippen LogP contribution in [0.25, 0.3) is 0 Å². The summed E-state index contributed by atoms with van der Waals surface area (Å²) in [5, 5.41) is 16.7. The number of nitrogens with one attached hydrogen (secondary N) is 3. The molecule has 44 heavy (non-hydrogen) atoms. The van der Waals surface area contributed by atoms with E-state index in [1.165, 1.54) is 12.1 Å². The van der Waals surface area contributed by atoms with Crippen molar-refractivity contribution >= 4 is 23.6 Å². The number of carboxylic acid groups (broad SMARTS) is 1. The molecule has 1 unspecified atom stereocenters. The van der Waals surface area contributed by atoms with Crippen LogP contribution in [0.5, 0.6) is 5.75 Å². The summed E-state index contributed by atoms with van der Waals surface area (Å²) in [6.07, 6.45) is 0.677. The first-order valence-corrected chi connectivity index (χ1v) is 15.2. The number of carbonyl (C=O) groups is 3. The van der Waals surface area contributed by atoms with Gasteiger partial charge in [0.2, 0.25) is 0 Å². The van der Waals surface area contributed by atoms with Gasteiger partial charge in [0.1, 0.15) is 5.75 Å². The average Bonchev–Trinajstić information content (AvgIpc) is 3.79. The molecular weight excluding hydrogens is 575 g/mol. The van der Waals surface area contributed by atoms with Crippen molar-refractivity contribution in [1.29, 1.82) is 0 Å². The number of rotatable bonds is 11. The molecule has 0 spiro atoms. The van der Waals surface area contributed by atoms with Crippen LogP contribution in [-0.2, 0) is 11.0 Å². The number of alkyl halides is 3. The first kappa shape index (κ1) is 33.1. The Morgan fingerprint density at radius 1 is 0.955 bits per heavy atom. The fourth-order valence-corrected chi connectivity index (χ4v) is 5.77. The Kier molecular flexibility index (Phi) is 10.5. The summed E-state index contributed by atoms with van der Waals surface area (Å²) in [6, 6.07) is 8.94. The Balaban J connectivity index is 1.51. The van der Waals surface area contributed by atoms with E-state index in [2.05, 4.69) is 36.7 Å². The second-order valence-electron chi connectivity index (χ2n) is 13.0. The fraction of sp³-hybridized carbons (Fsp3) is 0.545. The van der Waals surface area contributed by atoms with Crippen LogP contribution in [-0.4, -0.2) is 36.2 Å². The summed E-state index contributed by atoms with van der Waals surface area (Å²) < 4.78 is 47.5. The Morgan fingerprint density at radius 3 is 2.18 bits per heavy atom. The Morgan fingerprint density at radius 2 is 1.61 bits per heavy atom. The van der Waals surface area contributed by atoms with Crippen molar-refractivity contribution in [3.05, 3.63) is 59.2 Å². The lowest BCUT2D eigenvalue weighted by molar-refractivity contribution is -0.137. The summed E-state index contributed by atoms with van der Waals surface area (Å²) in [4.78, 5) is 36.5. The third-order valence-electron chi connectivity index (χ3n) is 8.64. The molecule has 8 nitrogen and oxygen atoms in total. The van der Waals surface area contributed by atoms with Crippen LogP contribution in [0.4, 0.5) is 23.7 Å². The maximum atomic E-state index is 14.0. The normalized spacial score (nSPS) is 19.5. The van der Waals surface area contributed by atoms with Crippen molar-refractivity contribution < 1.29 is 37.4 Å². The Labute approximate surface area is 256 Å². The molecule has 2 aliphatic rings. The van der Waals surface area contributed by atoms with Gasteiger partial charge in [-0.25, -0.2) is 4.79 Å². The number of aliphatic carboxylic acids is 1. The highest BCUT2D eigenvalue weighted by Gasteiger charge is 2.37. The van der Waals surface area contributed by atoms with Crippen LogP contribution >= 0.6 is 0 Å². The number of urea groups is 1. The van der Waals surface area contributed by atoms with Gasteiger partial charge >= 0.3 is 18.2 Å². The standard InChI is InChI=1S/C33H42F3N3O5/c1-32(2,3)24-12-10-22(11-13-24)29(21-6-8-23(9-7-21)30(42)37-17-16-28(40)41)39-31(43)38-27-15-14-25(44-19-20-4-5-20)18-26(27)33(34,35)36/h6-9,14-15,18,20,22,24,29H,4-5,10-13,16-17,19H2,1-3H3,(H,37,42)(H,40,41)(H2,38,39,43). The molecule has 2 saturated carbocycles. The summed E-state index contributed by atoms with van der Waals surface area (Å²) in [5.41, 5.74) is -0.151. The number of carboxylic acids is 1. The van der Waals surface area contributed by atoms with Crippen LogP contribution in [0.15, 0.2) is 42.5 Å². The number of hydrogen-bond acceptors (Lipinski definition) is 4. The van der Waals surface area contributed by atoms with Gasteiger partial charge in [0, 0.05) is 12.1 Å². The van der Waals surface area contributed by atoms with Crippen molar-refractivity contribution in [2.75, 3.05) is 18.5 Å². The molecule has 2 aromatic rings. The van der Waals surface area contributed by atoms with E-state index in [-0.39, 0.29) is 35.7 Å². The zero-order valence-corrected chi connectivity index (χ0v) is 25.4. The fourth-order valence-electron chi connectivity index (χ4n) is 5.77. The van der Waals surface area contributed by atoms with Gasteiger partial charge in [-0.1, -0.05) is 32.9 Å². The van der Waals surface area contributed by atoms with Crippen molar-refractivity contribution in [2.45, 2.75) is 77.9 Å². The minimum absolute atomic E-state index is 0.00910. The van der Waals surface area contributed by atoms with Crippen molar-refractivity contribution in [3.63, 3.8) is 0 Å². The molecule has 2 aliphatic carbocycles. The highest BCUT2D eigenvalue weighted by molar-refractivity contribution is 5.94. The third-order valence-corrected chi connectivity index (χ3v) is 8.64. The average molecular weight is 618 g/mol. The summed E-state index contributed by atoms with van der Waals surface area (Å²) in [5.74, 6) is -0.404. The van der Waals surface area contributed by atoms with Crippen molar-refractivity contribution in [1.82, 2.24) is 10.6 Å². The summed E-state index contributed by atoms with van der Waals surface area (Å²) >= 11 is 0. The first-order valence-electron chi connectivity index (χ1n) is 15.2. The summed E-state index contributed by atoms with van der Waals surface area (Å²) in [7, 11) is 0. The van der Waals surface area contributed by atoms with E-state index in [1.807, 2.05) is 0 Å². The number of ether oxygens (including phenoxy) is 1. The highest BCUT2D eigenvalue weighted by Crippen LogP contribution is 2.44. The molecule has 0 aromatic heterocycles. The van der Waals surface area contributed by atoms with Gasteiger partial charge in [-0.05, 0) is 97.6 Å². The largest absolute Gasteiger partial charge is 0.493 e. The molecule has 0 saturated heterocycles. The van der Waals surface area contributed by atoms with E-state index < -0.39 is 35.7 Å². The molecule has 11 heteroatoms. The van der Waals surface area contributed by atoms with Crippen molar-refractivity contribution in [2.24, 2.45) is 23.2 Å². The van der Waals surface area contributed by atoms with Gasteiger partial charge in [-0.15, -0.1) is 0 Å². The quantitative estimate of drug-likeness (QED) is 0.210. The van der Waals surface area contributed by atoms with E-state index in [1.54, 1.807) is 24.3 Å². The lowest BCUT2D eigenvalue weighted by Gasteiger charge is -2.39. The van der Waals surface area contributed by atoms with Crippen molar-refractivity contribution in [3.8, 4) is 5.75 Å². The highest BCUT2D eigenvalue weighted by atomic mass is 19.4. The molecule has 2 aromatic carbocycles. The van der Waals surface area contributed by atoms with Crippen LogP contribution in [0, 0.1) is 23.2 Å². The molecule has 4 N–H and O–H groups in total. The van der Waals surface area contributed by atoms with E-state index in [0.29, 0.717) is 24.0 Å². The van der Waals surface area contributed by atoms with Gasteiger partial charge in [-0.2, -0.15) is 13.2 Å². The zero-order valence-electron chi connectivity index (χ0n) is 25.4. The number of halogens is 3. The van der Waals surface area contributed by atoms with Crippen LogP contribution in [0.3, 0.4) is 0 Å². The number of hydrogen-bond donors (Lipinski definition) is 4. The molecule has 0 radical (unpaired) electrons. The molecule has 240 valence electrons. The number of carbonyl (C=O) groups excluding carboxylic acids is 2. The third kappa shape index (κ3) is 9.37. The van der Waals surface area contributed by atoms with Gasteiger partial charge in [0.15, 0.2) is 0 Å². The lowest BCUT2D eigenvalue weighted by atomic mass is 9.68. The zero-order chi connectivity index (χ0) is 32.1. The SMILES string of the molecule is CC(C)(C)C1CCC(C(NC(=O)Nc2ccc(OCC3CC3)cc2C(F)(F)F)c2ccc(C(=O)NCCC(=O)O)cc2)CC1. The minimum Gasteiger partial charge on any atom is -0.493 e. The molecule has 4 rings (SSSR count).